The number of rotatable bonds is 16. The van der Waals surface area contributed by atoms with Crippen molar-refractivity contribution in [3.05, 3.63) is 136 Å². The molecule has 0 amide bonds. The van der Waals surface area contributed by atoms with E-state index in [9.17, 15) is 10.1 Å². The lowest BCUT2D eigenvalue weighted by molar-refractivity contribution is -0.395. The van der Waals surface area contributed by atoms with Crippen LogP contribution in [0.2, 0.25) is 0 Å². The third kappa shape index (κ3) is 9.14. The molecule has 0 aliphatic carbocycles. The van der Waals surface area contributed by atoms with Gasteiger partial charge in [-0.05, 0) is 27.7 Å². The predicted octanol–water partition coefficient (Wildman–Crippen LogP) is 5.41. The predicted molar refractivity (Wildman–Crippen MR) is 166 cm³/mol. The number of hydrogen-bond acceptors (Lipinski definition) is 9. The fourth-order valence-electron chi connectivity index (χ4n) is 5.04. The Morgan fingerprint density at radius 1 is 0.822 bits per heavy atom. The molecular formula is C34H37N3O8. The fourth-order valence-corrected chi connectivity index (χ4v) is 5.04. The van der Waals surface area contributed by atoms with Gasteiger partial charge in [0.15, 0.2) is 6.29 Å². The van der Waals surface area contributed by atoms with Crippen molar-refractivity contribution in [2.45, 2.75) is 50.5 Å². The summed E-state index contributed by atoms with van der Waals surface area (Å²) in [6.45, 7) is 1.30. The maximum atomic E-state index is 11.2. The van der Waals surface area contributed by atoms with Crippen LogP contribution in [0.1, 0.15) is 16.7 Å². The van der Waals surface area contributed by atoms with Crippen LogP contribution in [-0.4, -0.2) is 65.5 Å². The largest absolute Gasteiger partial charge is 0.439 e. The molecule has 11 heteroatoms. The van der Waals surface area contributed by atoms with Gasteiger partial charge in [0.05, 0.1) is 39.2 Å². The summed E-state index contributed by atoms with van der Waals surface area (Å²) in [6, 6.07) is 29.7. The van der Waals surface area contributed by atoms with Gasteiger partial charge in [-0.25, -0.2) is 4.57 Å². The molecule has 3 aromatic carbocycles. The number of methoxy groups -OCH3 is 1. The maximum Gasteiger partial charge on any atom is 0.439 e. The van der Waals surface area contributed by atoms with Crippen molar-refractivity contribution < 1.29 is 33.3 Å². The Kier molecular flexibility index (Phi) is 12.0. The number of nitro groups is 1. The van der Waals surface area contributed by atoms with Crippen LogP contribution < -0.4 is 0 Å². The van der Waals surface area contributed by atoms with Crippen LogP contribution in [0.15, 0.2) is 109 Å². The molecular weight excluding hydrogens is 578 g/mol. The Hall–Kier alpha value is -4.23. The first-order chi connectivity index (χ1) is 22.1. The van der Waals surface area contributed by atoms with Gasteiger partial charge in [-0.2, -0.15) is 0 Å². The highest BCUT2D eigenvalue weighted by Gasteiger charge is 2.48. The summed E-state index contributed by atoms with van der Waals surface area (Å²) in [6.07, 6.45) is 2.96. The number of hydrogen-bond donors (Lipinski definition) is 0. The monoisotopic (exact) mass is 615 g/mol. The Morgan fingerprint density at radius 3 is 1.89 bits per heavy atom. The number of imidazole rings is 1. The van der Waals surface area contributed by atoms with Gasteiger partial charge in [0.2, 0.25) is 0 Å². The first-order valence-electron chi connectivity index (χ1n) is 14.7. The minimum absolute atomic E-state index is 0.145. The Bertz CT molecular complexity index is 1470. The van der Waals surface area contributed by atoms with E-state index in [2.05, 4.69) is 4.98 Å². The highest BCUT2D eigenvalue weighted by atomic mass is 16.7. The van der Waals surface area contributed by atoms with Crippen LogP contribution in [-0.2, 0) is 48.2 Å². The fraction of sp³-hybridized carbons (Fsp3) is 0.324. The standard InChI is InChI=1S/C34H37N3O8/c1-40-33-32(44-24-28-16-9-4-10-17-28)31(43-23-27-14-7-3-8-15-27)30(42-22-26-12-5-2-6-13-26)29(45-33)25-41-21-11-19-36-20-18-35-34(36)37(38)39/h2-20,29-33H,21-25H2,1H3/b19-11+/t29-,30-,31+,32-,33+/m1/s1. The number of aromatic nitrogens is 2. The Morgan fingerprint density at radius 2 is 1.36 bits per heavy atom. The van der Waals surface area contributed by atoms with E-state index in [1.54, 1.807) is 13.2 Å². The third-order valence-electron chi connectivity index (χ3n) is 7.25. The molecule has 0 spiro atoms. The highest BCUT2D eigenvalue weighted by molar-refractivity contribution is 5.30. The normalized spacial score (nSPS) is 21.7. The minimum atomic E-state index is -0.760. The van der Waals surface area contributed by atoms with Gasteiger partial charge < -0.3 is 38.5 Å². The first kappa shape index (κ1) is 32.2. The quantitative estimate of drug-likeness (QED) is 0.0927. The second-order valence-electron chi connectivity index (χ2n) is 10.4. The van der Waals surface area contributed by atoms with Crippen molar-refractivity contribution in [3.8, 4) is 0 Å². The van der Waals surface area contributed by atoms with Crippen molar-refractivity contribution in [3.63, 3.8) is 0 Å². The summed E-state index contributed by atoms with van der Waals surface area (Å²) in [5.41, 5.74) is 3.01. The van der Waals surface area contributed by atoms with Gasteiger partial charge in [0, 0.05) is 7.11 Å². The van der Waals surface area contributed by atoms with Gasteiger partial charge in [-0.15, -0.1) is 0 Å². The van der Waals surface area contributed by atoms with E-state index < -0.39 is 35.6 Å². The van der Waals surface area contributed by atoms with E-state index in [0.717, 1.165) is 16.7 Å². The van der Waals surface area contributed by atoms with Crippen LogP contribution in [0.25, 0.3) is 6.20 Å². The molecule has 0 saturated carbocycles. The molecule has 1 fully saturated rings. The van der Waals surface area contributed by atoms with E-state index in [-0.39, 0.29) is 19.2 Å². The molecule has 236 valence electrons. The molecule has 4 aromatic rings. The molecule has 1 aliphatic rings. The molecule has 1 aromatic heterocycles. The number of ether oxygens (including phenoxy) is 6. The van der Waals surface area contributed by atoms with Crippen LogP contribution in [0.4, 0.5) is 5.95 Å². The van der Waals surface area contributed by atoms with Crippen molar-refractivity contribution in [1.82, 2.24) is 9.55 Å². The average molecular weight is 616 g/mol. The Labute approximate surface area is 262 Å². The first-order valence-corrected chi connectivity index (χ1v) is 14.7. The van der Waals surface area contributed by atoms with E-state index in [1.165, 1.54) is 23.2 Å². The molecule has 0 radical (unpaired) electrons. The summed E-state index contributed by atoms with van der Waals surface area (Å²) < 4.78 is 39.1. The van der Waals surface area contributed by atoms with Gasteiger partial charge in [0.25, 0.3) is 0 Å². The molecule has 2 heterocycles. The molecule has 5 atom stereocenters. The van der Waals surface area contributed by atoms with E-state index in [1.807, 2.05) is 91.0 Å². The van der Waals surface area contributed by atoms with Gasteiger partial charge in [-0.1, -0.05) is 96.0 Å². The van der Waals surface area contributed by atoms with Crippen LogP contribution >= 0.6 is 0 Å². The summed E-state index contributed by atoms with van der Waals surface area (Å²) >= 11 is 0. The smallest absolute Gasteiger partial charge is 0.390 e. The summed E-state index contributed by atoms with van der Waals surface area (Å²) in [5, 5.41) is 11.2. The topological polar surface area (TPSA) is 116 Å². The van der Waals surface area contributed by atoms with E-state index >= 15 is 0 Å². The van der Waals surface area contributed by atoms with Gasteiger partial charge >= 0.3 is 5.95 Å². The van der Waals surface area contributed by atoms with Crippen molar-refractivity contribution >= 4 is 12.1 Å². The number of benzene rings is 3. The third-order valence-corrected chi connectivity index (χ3v) is 7.25. The Balaban J connectivity index is 1.35. The van der Waals surface area contributed by atoms with Gasteiger partial charge in [0.1, 0.15) is 36.8 Å². The molecule has 0 unspecified atom stereocenters. The van der Waals surface area contributed by atoms with Crippen molar-refractivity contribution in [2.75, 3.05) is 20.3 Å². The molecule has 0 bridgehead atoms. The summed E-state index contributed by atoms with van der Waals surface area (Å²) in [5.74, 6) is -0.279. The summed E-state index contributed by atoms with van der Waals surface area (Å²) in [7, 11) is 1.57. The van der Waals surface area contributed by atoms with Crippen LogP contribution in [0.3, 0.4) is 0 Å². The average Bonchev–Trinajstić information content (AvgIpc) is 3.56. The van der Waals surface area contributed by atoms with Gasteiger partial charge in [-0.3, -0.25) is 0 Å². The molecule has 5 rings (SSSR count). The molecule has 0 N–H and O–H groups in total. The molecule has 45 heavy (non-hydrogen) atoms. The zero-order valence-corrected chi connectivity index (χ0v) is 25.0. The van der Waals surface area contributed by atoms with Crippen molar-refractivity contribution in [1.29, 1.82) is 0 Å². The highest BCUT2D eigenvalue weighted by Crippen LogP contribution is 2.31. The molecule has 11 nitrogen and oxygen atoms in total. The second-order valence-corrected chi connectivity index (χ2v) is 10.4. The number of nitrogens with zero attached hydrogens (tertiary/aromatic N) is 3. The van der Waals surface area contributed by atoms with Crippen LogP contribution in [0.5, 0.6) is 0 Å². The zero-order valence-electron chi connectivity index (χ0n) is 25.0. The lowest BCUT2D eigenvalue weighted by atomic mass is 9.98. The molecule has 1 aliphatic heterocycles. The zero-order chi connectivity index (χ0) is 31.3. The van der Waals surface area contributed by atoms with Crippen LogP contribution in [0, 0.1) is 10.1 Å². The second kappa shape index (κ2) is 16.7. The molecule has 1 saturated heterocycles. The SMILES string of the molecule is CO[C@H]1O[C@H](COC/C=C/n2ccnc2[N+](=O)[O-])[C@@H](OCc2ccccc2)[C@H](OCc2ccccc2)[C@H]1OCc1ccccc1. The summed E-state index contributed by atoms with van der Waals surface area (Å²) in [4.78, 5) is 14.4. The minimum Gasteiger partial charge on any atom is -0.390 e. The lowest BCUT2D eigenvalue weighted by Gasteiger charge is -2.45. The van der Waals surface area contributed by atoms with E-state index in [0.29, 0.717) is 19.8 Å². The lowest BCUT2D eigenvalue weighted by Crippen LogP contribution is -2.61. The maximum absolute atomic E-state index is 11.2. The van der Waals surface area contributed by atoms with E-state index in [4.69, 9.17) is 28.4 Å². The van der Waals surface area contributed by atoms with Crippen molar-refractivity contribution in [2.24, 2.45) is 0 Å².